The normalized spacial score (nSPS) is 29.9. The van der Waals surface area contributed by atoms with Crippen molar-refractivity contribution in [2.45, 2.75) is 45.7 Å². The standard InChI is InChI=1S/C16H27N3/c1-13-9-15(2,3)11-16(13,12-17)19(4)10-14-7-5-6-8-18-14/h5-8,13H,9-12,17H2,1-4H3. The van der Waals surface area contributed by atoms with Crippen molar-refractivity contribution in [2.24, 2.45) is 17.1 Å². The Morgan fingerprint density at radius 2 is 2.16 bits per heavy atom. The summed E-state index contributed by atoms with van der Waals surface area (Å²) in [5, 5.41) is 0. The summed E-state index contributed by atoms with van der Waals surface area (Å²) in [6, 6.07) is 6.10. The lowest BCUT2D eigenvalue weighted by atomic mass is 9.85. The van der Waals surface area contributed by atoms with Crippen LogP contribution in [0.1, 0.15) is 39.3 Å². The van der Waals surface area contributed by atoms with E-state index in [1.807, 2.05) is 18.3 Å². The summed E-state index contributed by atoms with van der Waals surface area (Å²) in [4.78, 5) is 6.86. The van der Waals surface area contributed by atoms with E-state index in [0.29, 0.717) is 11.3 Å². The van der Waals surface area contributed by atoms with Crippen LogP contribution in [0, 0.1) is 11.3 Å². The van der Waals surface area contributed by atoms with Crippen LogP contribution in [0.15, 0.2) is 24.4 Å². The van der Waals surface area contributed by atoms with Gasteiger partial charge in [-0.15, -0.1) is 0 Å². The van der Waals surface area contributed by atoms with Crippen molar-refractivity contribution < 1.29 is 0 Å². The van der Waals surface area contributed by atoms with Crippen LogP contribution in [0.3, 0.4) is 0 Å². The Kier molecular flexibility index (Phi) is 3.98. The second-order valence-corrected chi connectivity index (χ2v) is 6.93. The smallest absolute Gasteiger partial charge is 0.0544 e. The van der Waals surface area contributed by atoms with E-state index in [0.717, 1.165) is 18.8 Å². The largest absolute Gasteiger partial charge is 0.329 e. The highest BCUT2D eigenvalue weighted by atomic mass is 15.2. The van der Waals surface area contributed by atoms with Gasteiger partial charge >= 0.3 is 0 Å². The number of hydrogen-bond acceptors (Lipinski definition) is 3. The van der Waals surface area contributed by atoms with E-state index in [1.54, 1.807) is 0 Å². The van der Waals surface area contributed by atoms with Crippen molar-refractivity contribution in [3.63, 3.8) is 0 Å². The molecule has 1 heterocycles. The fourth-order valence-electron chi connectivity index (χ4n) is 3.93. The minimum atomic E-state index is 0.112. The summed E-state index contributed by atoms with van der Waals surface area (Å²) in [6.45, 7) is 8.65. The Labute approximate surface area is 117 Å². The molecule has 3 nitrogen and oxygen atoms in total. The molecule has 106 valence electrons. The number of nitrogens with two attached hydrogens (primary N) is 1. The third kappa shape index (κ3) is 2.82. The van der Waals surface area contributed by atoms with E-state index in [2.05, 4.69) is 43.8 Å². The van der Waals surface area contributed by atoms with Gasteiger partial charge in [0.2, 0.25) is 0 Å². The first-order valence-corrected chi connectivity index (χ1v) is 7.21. The Morgan fingerprint density at radius 3 is 2.63 bits per heavy atom. The Balaban J connectivity index is 2.18. The third-order valence-electron chi connectivity index (χ3n) is 4.80. The molecule has 1 aliphatic rings. The topological polar surface area (TPSA) is 42.1 Å². The van der Waals surface area contributed by atoms with Gasteiger partial charge in [-0.05, 0) is 43.4 Å². The first-order chi connectivity index (χ1) is 8.89. The highest BCUT2D eigenvalue weighted by Gasteiger charge is 2.49. The van der Waals surface area contributed by atoms with Crippen molar-refractivity contribution in [1.82, 2.24) is 9.88 Å². The molecular formula is C16H27N3. The van der Waals surface area contributed by atoms with Crippen molar-refractivity contribution in [3.8, 4) is 0 Å². The molecule has 1 saturated carbocycles. The van der Waals surface area contributed by atoms with E-state index in [4.69, 9.17) is 5.73 Å². The minimum Gasteiger partial charge on any atom is -0.329 e. The number of likely N-dealkylation sites (N-methyl/N-ethyl adjacent to an activating group) is 1. The Bertz CT molecular complexity index is 415. The van der Waals surface area contributed by atoms with Crippen LogP contribution < -0.4 is 5.73 Å². The van der Waals surface area contributed by atoms with Gasteiger partial charge in [0, 0.05) is 24.8 Å². The second kappa shape index (κ2) is 5.22. The fraction of sp³-hybridized carbons (Fsp3) is 0.688. The van der Waals surface area contributed by atoms with Crippen molar-refractivity contribution in [3.05, 3.63) is 30.1 Å². The van der Waals surface area contributed by atoms with Crippen LogP contribution in [-0.2, 0) is 6.54 Å². The highest BCUT2D eigenvalue weighted by molar-refractivity contribution is 5.09. The zero-order valence-electron chi connectivity index (χ0n) is 12.7. The molecule has 3 heteroatoms. The van der Waals surface area contributed by atoms with Gasteiger partial charge in [-0.25, -0.2) is 0 Å². The second-order valence-electron chi connectivity index (χ2n) is 6.93. The van der Waals surface area contributed by atoms with Crippen molar-refractivity contribution >= 4 is 0 Å². The average Bonchev–Trinajstić information content (AvgIpc) is 2.61. The first kappa shape index (κ1) is 14.5. The van der Waals surface area contributed by atoms with Crippen molar-refractivity contribution in [1.29, 1.82) is 0 Å². The molecule has 19 heavy (non-hydrogen) atoms. The average molecular weight is 261 g/mol. The van der Waals surface area contributed by atoms with Gasteiger partial charge in [-0.1, -0.05) is 26.8 Å². The number of aromatic nitrogens is 1. The van der Waals surface area contributed by atoms with E-state index < -0.39 is 0 Å². The maximum absolute atomic E-state index is 6.17. The number of hydrogen-bond donors (Lipinski definition) is 1. The predicted octanol–water partition coefficient (Wildman–Crippen LogP) is 2.67. The van der Waals surface area contributed by atoms with Gasteiger partial charge in [0.25, 0.3) is 0 Å². The zero-order valence-corrected chi connectivity index (χ0v) is 12.7. The van der Waals surface area contributed by atoms with Crippen LogP contribution in [0.5, 0.6) is 0 Å². The van der Waals surface area contributed by atoms with Crippen LogP contribution in [0.4, 0.5) is 0 Å². The molecular weight excluding hydrogens is 234 g/mol. The summed E-state index contributed by atoms with van der Waals surface area (Å²) >= 11 is 0. The molecule has 2 rings (SSSR count). The first-order valence-electron chi connectivity index (χ1n) is 7.21. The lowest BCUT2D eigenvalue weighted by molar-refractivity contribution is 0.0774. The SMILES string of the molecule is CC1CC(C)(C)CC1(CN)N(C)Cc1ccccn1. The Hall–Kier alpha value is -0.930. The maximum atomic E-state index is 6.17. The van der Waals surface area contributed by atoms with Gasteiger partial charge in [-0.2, -0.15) is 0 Å². The van der Waals surface area contributed by atoms with Crippen molar-refractivity contribution in [2.75, 3.05) is 13.6 Å². The van der Waals surface area contributed by atoms with Gasteiger partial charge in [-0.3, -0.25) is 9.88 Å². The van der Waals surface area contributed by atoms with Crippen LogP contribution >= 0.6 is 0 Å². The van der Waals surface area contributed by atoms with E-state index in [-0.39, 0.29) is 5.54 Å². The third-order valence-corrected chi connectivity index (χ3v) is 4.80. The minimum absolute atomic E-state index is 0.112. The monoisotopic (exact) mass is 261 g/mol. The lowest BCUT2D eigenvalue weighted by Gasteiger charge is -2.42. The molecule has 0 radical (unpaired) electrons. The maximum Gasteiger partial charge on any atom is 0.0544 e. The van der Waals surface area contributed by atoms with Crippen LogP contribution in [0.2, 0.25) is 0 Å². The molecule has 0 saturated heterocycles. The molecule has 0 amide bonds. The summed E-state index contributed by atoms with van der Waals surface area (Å²) < 4.78 is 0. The van der Waals surface area contributed by atoms with Gasteiger partial charge in [0.15, 0.2) is 0 Å². The molecule has 1 aromatic heterocycles. The zero-order chi connectivity index (χ0) is 14.1. The lowest BCUT2D eigenvalue weighted by Crippen LogP contribution is -2.54. The van der Waals surface area contributed by atoms with Gasteiger partial charge < -0.3 is 5.73 Å². The van der Waals surface area contributed by atoms with E-state index in [1.165, 1.54) is 12.8 Å². The molecule has 2 atom stereocenters. The van der Waals surface area contributed by atoms with Crippen LogP contribution in [0.25, 0.3) is 0 Å². The number of pyridine rings is 1. The van der Waals surface area contributed by atoms with E-state index >= 15 is 0 Å². The molecule has 0 aromatic carbocycles. The predicted molar refractivity (Wildman–Crippen MR) is 79.7 cm³/mol. The summed E-state index contributed by atoms with van der Waals surface area (Å²) in [5.41, 5.74) is 7.79. The molecule has 1 fully saturated rings. The fourth-order valence-corrected chi connectivity index (χ4v) is 3.93. The molecule has 2 N–H and O–H groups in total. The summed E-state index contributed by atoms with van der Waals surface area (Å²) in [7, 11) is 2.19. The molecule has 0 bridgehead atoms. The summed E-state index contributed by atoms with van der Waals surface area (Å²) in [5.74, 6) is 0.626. The molecule has 1 aliphatic carbocycles. The number of nitrogens with zero attached hydrogens (tertiary/aromatic N) is 2. The highest BCUT2D eigenvalue weighted by Crippen LogP contribution is 2.49. The van der Waals surface area contributed by atoms with Gasteiger partial charge in [0.1, 0.15) is 0 Å². The van der Waals surface area contributed by atoms with E-state index in [9.17, 15) is 0 Å². The summed E-state index contributed by atoms with van der Waals surface area (Å²) in [6.07, 6.45) is 4.28. The molecule has 0 aliphatic heterocycles. The quantitative estimate of drug-likeness (QED) is 0.906. The molecule has 2 unspecified atom stereocenters. The Morgan fingerprint density at radius 1 is 1.42 bits per heavy atom. The van der Waals surface area contributed by atoms with Gasteiger partial charge in [0.05, 0.1) is 5.69 Å². The van der Waals surface area contributed by atoms with Crippen LogP contribution in [-0.4, -0.2) is 29.0 Å². The number of rotatable bonds is 4. The molecule has 0 spiro atoms. The molecule has 1 aromatic rings.